The molecule has 5 heteroatoms. The molecule has 0 bridgehead atoms. The van der Waals surface area contributed by atoms with Crippen LogP contribution < -0.4 is 5.73 Å². The molecule has 1 fully saturated rings. The Morgan fingerprint density at radius 1 is 1.37 bits per heavy atom. The van der Waals surface area contributed by atoms with Crippen molar-refractivity contribution in [3.8, 4) is 11.5 Å². The fourth-order valence-electron chi connectivity index (χ4n) is 2.39. The van der Waals surface area contributed by atoms with Crippen molar-refractivity contribution in [3.05, 3.63) is 29.6 Å². The molecule has 0 spiro atoms. The standard InChI is InChI=1S/C14H17N3O2/c1-9-4-5-11(15)10(8-9)12-16-13(17-19-12)14(18-2)6-3-7-14/h4-5,8H,3,6-7,15H2,1-2H3. The molecule has 2 aromatic rings. The first-order valence-corrected chi connectivity index (χ1v) is 6.40. The fourth-order valence-corrected chi connectivity index (χ4v) is 2.39. The van der Waals surface area contributed by atoms with Crippen LogP contribution in [-0.2, 0) is 10.3 Å². The molecule has 1 saturated carbocycles. The van der Waals surface area contributed by atoms with E-state index in [4.69, 9.17) is 15.0 Å². The second-order valence-corrected chi connectivity index (χ2v) is 5.07. The van der Waals surface area contributed by atoms with Crippen molar-refractivity contribution in [2.75, 3.05) is 12.8 Å². The van der Waals surface area contributed by atoms with Gasteiger partial charge in [0.15, 0.2) is 0 Å². The highest BCUT2D eigenvalue weighted by molar-refractivity contribution is 5.71. The Morgan fingerprint density at radius 3 is 2.79 bits per heavy atom. The predicted octanol–water partition coefficient (Wildman–Crippen LogP) is 2.65. The molecular formula is C14H17N3O2. The lowest BCUT2D eigenvalue weighted by Gasteiger charge is -2.37. The molecule has 5 nitrogen and oxygen atoms in total. The molecule has 100 valence electrons. The third-order valence-electron chi connectivity index (χ3n) is 3.82. The topological polar surface area (TPSA) is 74.2 Å². The molecule has 3 rings (SSSR count). The summed E-state index contributed by atoms with van der Waals surface area (Å²) in [6.07, 6.45) is 3.00. The average molecular weight is 259 g/mol. The normalized spacial score (nSPS) is 17.2. The zero-order valence-corrected chi connectivity index (χ0v) is 11.1. The molecule has 2 N–H and O–H groups in total. The van der Waals surface area contributed by atoms with Crippen LogP contribution in [0.25, 0.3) is 11.5 Å². The highest BCUT2D eigenvalue weighted by atomic mass is 16.5. The van der Waals surface area contributed by atoms with Crippen LogP contribution in [0.15, 0.2) is 22.7 Å². The zero-order valence-electron chi connectivity index (χ0n) is 11.1. The third-order valence-corrected chi connectivity index (χ3v) is 3.82. The van der Waals surface area contributed by atoms with Crippen LogP contribution in [0.1, 0.15) is 30.7 Å². The van der Waals surface area contributed by atoms with E-state index in [0.29, 0.717) is 17.4 Å². The van der Waals surface area contributed by atoms with E-state index < -0.39 is 0 Å². The molecule has 0 unspecified atom stereocenters. The molecule has 1 heterocycles. The predicted molar refractivity (Wildman–Crippen MR) is 71.4 cm³/mol. The van der Waals surface area contributed by atoms with Gasteiger partial charge in [-0.15, -0.1) is 0 Å². The minimum Gasteiger partial charge on any atom is -0.398 e. The number of aryl methyl sites for hydroxylation is 1. The van der Waals surface area contributed by atoms with Crippen LogP contribution >= 0.6 is 0 Å². The molecule has 1 aromatic carbocycles. The van der Waals surface area contributed by atoms with Gasteiger partial charge in [0.1, 0.15) is 5.60 Å². The molecular weight excluding hydrogens is 242 g/mol. The maximum atomic E-state index is 5.96. The Labute approximate surface area is 111 Å². The number of nitrogens with zero attached hydrogens (tertiary/aromatic N) is 2. The van der Waals surface area contributed by atoms with Crippen molar-refractivity contribution in [2.45, 2.75) is 31.8 Å². The first-order chi connectivity index (χ1) is 9.14. The molecule has 0 amide bonds. The van der Waals surface area contributed by atoms with Gasteiger partial charge >= 0.3 is 0 Å². The summed E-state index contributed by atoms with van der Waals surface area (Å²) in [5, 5.41) is 4.06. The van der Waals surface area contributed by atoms with Crippen molar-refractivity contribution < 1.29 is 9.26 Å². The van der Waals surface area contributed by atoms with Gasteiger partial charge in [0, 0.05) is 12.8 Å². The highest BCUT2D eigenvalue weighted by Crippen LogP contribution is 2.43. The minimum absolute atomic E-state index is 0.361. The molecule has 0 saturated heterocycles. The van der Waals surface area contributed by atoms with Gasteiger partial charge in [-0.1, -0.05) is 16.8 Å². The molecule has 0 aliphatic heterocycles. The number of nitrogens with two attached hydrogens (primary N) is 1. The van der Waals surface area contributed by atoms with Gasteiger partial charge in [0.25, 0.3) is 5.89 Å². The van der Waals surface area contributed by atoms with E-state index in [2.05, 4.69) is 10.1 Å². The van der Waals surface area contributed by atoms with Gasteiger partial charge in [0.05, 0.1) is 5.56 Å². The van der Waals surface area contributed by atoms with E-state index in [1.54, 1.807) is 7.11 Å². The van der Waals surface area contributed by atoms with Crippen LogP contribution in [-0.4, -0.2) is 17.3 Å². The van der Waals surface area contributed by atoms with Gasteiger partial charge in [-0.05, 0) is 38.3 Å². The van der Waals surface area contributed by atoms with Crippen molar-refractivity contribution in [3.63, 3.8) is 0 Å². The Balaban J connectivity index is 1.99. The van der Waals surface area contributed by atoms with Gasteiger partial charge in [0.2, 0.25) is 5.82 Å². The quantitative estimate of drug-likeness (QED) is 0.858. The summed E-state index contributed by atoms with van der Waals surface area (Å²) in [4.78, 5) is 4.46. The van der Waals surface area contributed by atoms with Crippen molar-refractivity contribution >= 4 is 5.69 Å². The number of methoxy groups -OCH3 is 1. The number of hydrogen-bond acceptors (Lipinski definition) is 5. The fraction of sp³-hybridized carbons (Fsp3) is 0.429. The summed E-state index contributed by atoms with van der Waals surface area (Å²) in [5.74, 6) is 1.08. The van der Waals surface area contributed by atoms with Crippen LogP contribution in [0.3, 0.4) is 0 Å². The number of hydrogen-bond donors (Lipinski definition) is 1. The van der Waals surface area contributed by atoms with Gasteiger partial charge < -0.3 is 15.0 Å². The van der Waals surface area contributed by atoms with E-state index in [1.807, 2.05) is 25.1 Å². The van der Waals surface area contributed by atoms with Crippen LogP contribution in [0.2, 0.25) is 0 Å². The lowest BCUT2D eigenvalue weighted by molar-refractivity contribution is -0.0858. The first kappa shape index (κ1) is 12.2. The summed E-state index contributed by atoms with van der Waals surface area (Å²) >= 11 is 0. The summed E-state index contributed by atoms with van der Waals surface area (Å²) in [6.45, 7) is 2.00. The molecule has 0 radical (unpaired) electrons. The summed E-state index contributed by atoms with van der Waals surface area (Å²) in [7, 11) is 1.69. The van der Waals surface area contributed by atoms with E-state index in [1.165, 1.54) is 0 Å². The van der Waals surface area contributed by atoms with Gasteiger partial charge in [-0.25, -0.2) is 0 Å². The van der Waals surface area contributed by atoms with Crippen LogP contribution in [0.4, 0.5) is 5.69 Å². The number of rotatable bonds is 3. The van der Waals surface area contributed by atoms with E-state index in [0.717, 1.165) is 30.4 Å². The molecule has 1 aromatic heterocycles. The lowest BCUT2D eigenvalue weighted by atomic mass is 9.79. The van der Waals surface area contributed by atoms with Crippen LogP contribution in [0, 0.1) is 6.92 Å². The van der Waals surface area contributed by atoms with Gasteiger partial charge in [-0.3, -0.25) is 0 Å². The second kappa shape index (κ2) is 4.35. The maximum Gasteiger partial charge on any atom is 0.260 e. The summed E-state index contributed by atoms with van der Waals surface area (Å²) in [6, 6.07) is 5.76. The third kappa shape index (κ3) is 1.90. The Kier molecular flexibility index (Phi) is 2.78. The maximum absolute atomic E-state index is 5.96. The van der Waals surface area contributed by atoms with E-state index >= 15 is 0 Å². The van der Waals surface area contributed by atoms with Crippen LogP contribution in [0.5, 0.6) is 0 Å². The SMILES string of the molecule is COC1(c2noc(-c3cc(C)ccc3N)n2)CCC1. The van der Waals surface area contributed by atoms with Crippen molar-refractivity contribution in [1.82, 2.24) is 10.1 Å². The van der Waals surface area contributed by atoms with Crippen molar-refractivity contribution in [1.29, 1.82) is 0 Å². The number of anilines is 1. The largest absolute Gasteiger partial charge is 0.398 e. The molecule has 1 aliphatic rings. The number of benzene rings is 1. The minimum atomic E-state index is -0.361. The molecule has 19 heavy (non-hydrogen) atoms. The summed E-state index contributed by atoms with van der Waals surface area (Å²) < 4.78 is 10.9. The monoisotopic (exact) mass is 259 g/mol. The number of ether oxygens (including phenoxy) is 1. The van der Waals surface area contributed by atoms with E-state index in [9.17, 15) is 0 Å². The average Bonchev–Trinajstić information content (AvgIpc) is 2.81. The summed E-state index contributed by atoms with van der Waals surface area (Å²) in [5.41, 5.74) is 8.13. The Bertz CT molecular complexity index is 597. The number of aromatic nitrogens is 2. The molecule has 1 aliphatic carbocycles. The Hall–Kier alpha value is -1.88. The molecule has 0 atom stereocenters. The second-order valence-electron chi connectivity index (χ2n) is 5.07. The smallest absolute Gasteiger partial charge is 0.260 e. The zero-order chi connectivity index (χ0) is 13.5. The highest BCUT2D eigenvalue weighted by Gasteiger charge is 2.43. The van der Waals surface area contributed by atoms with E-state index in [-0.39, 0.29) is 5.60 Å². The van der Waals surface area contributed by atoms with Crippen molar-refractivity contribution in [2.24, 2.45) is 0 Å². The lowest BCUT2D eigenvalue weighted by Crippen LogP contribution is -2.37. The Morgan fingerprint density at radius 2 is 2.16 bits per heavy atom. The van der Waals surface area contributed by atoms with Gasteiger partial charge in [-0.2, -0.15) is 4.98 Å². The number of nitrogen functional groups attached to an aromatic ring is 1. The first-order valence-electron chi connectivity index (χ1n) is 6.40.